The van der Waals surface area contributed by atoms with Crippen LogP contribution < -0.4 is 5.32 Å². The number of hydrogen-bond donors (Lipinski definition) is 2. The summed E-state index contributed by atoms with van der Waals surface area (Å²) in [7, 11) is -3.54. The molecule has 1 amide bonds. The van der Waals surface area contributed by atoms with Crippen LogP contribution in [-0.2, 0) is 14.8 Å². The lowest BCUT2D eigenvalue weighted by molar-refractivity contribution is -0.134. The number of carbonyl (C=O) groups excluding carboxylic acids is 1. The summed E-state index contributed by atoms with van der Waals surface area (Å²) in [6, 6.07) is 2.70. The van der Waals surface area contributed by atoms with E-state index in [1.807, 2.05) is 0 Å². The molecule has 0 saturated carbocycles. The van der Waals surface area contributed by atoms with Crippen molar-refractivity contribution in [1.29, 1.82) is 0 Å². The molecule has 0 radical (unpaired) electrons. The Morgan fingerprint density at radius 3 is 2.46 bits per heavy atom. The van der Waals surface area contributed by atoms with Crippen molar-refractivity contribution in [3.05, 3.63) is 16.5 Å². The van der Waals surface area contributed by atoms with E-state index in [9.17, 15) is 18.3 Å². The van der Waals surface area contributed by atoms with E-state index in [2.05, 4.69) is 5.32 Å². The molecule has 2 atom stereocenters. The summed E-state index contributed by atoms with van der Waals surface area (Å²) >= 11 is 6.84. The van der Waals surface area contributed by atoms with E-state index < -0.39 is 16.1 Å². The average molecular weight is 416 g/mol. The number of piperazine rings is 1. The molecule has 136 valence electrons. The van der Waals surface area contributed by atoms with Gasteiger partial charge in [0, 0.05) is 32.7 Å². The third-order valence-corrected chi connectivity index (χ3v) is 7.70. The number of nitrogens with one attached hydrogen (secondary N) is 1. The number of nitrogens with zero attached hydrogens (tertiary/aromatic N) is 2. The number of amides is 1. The number of thiophene rings is 1. The molecule has 0 aromatic carbocycles. The predicted octanol–water partition coefficient (Wildman–Crippen LogP) is 0.379. The Morgan fingerprint density at radius 1 is 1.29 bits per heavy atom. The van der Waals surface area contributed by atoms with Crippen LogP contribution in [0.2, 0.25) is 4.34 Å². The zero-order valence-electron chi connectivity index (χ0n) is 12.7. The molecule has 2 unspecified atom stereocenters. The highest BCUT2D eigenvalue weighted by molar-refractivity contribution is 7.91. The van der Waals surface area contributed by atoms with Gasteiger partial charge in [-0.25, -0.2) is 8.42 Å². The number of sulfonamides is 1. The second kappa shape index (κ2) is 7.86. The molecule has 0 aliphatic carbocycles. The highest BCUT2D eigenvalue weighted by Crippen LogP contribution is 2.28. The van der Waals surface area contributed by atoms with Crippen molar-refractivity contribution < 1.29 is 18.3 Å². The molecule has 11 heteroatoms. The van der Waals surface area contributed by atoms with Gasteiger partial charge in [-0.2, -0.15) is 4.31 Å². The summed E-state index contributed by atoms with van der Waals surface area (Å²) in [6.45, 7) is 1.65. The lowest BCUT2D eigenvalue weighted by Crippen LogP contribution is -2.54. The van der Waals surface area contributed by atoms with Gasteiger partial charge >= 0.3 is 0 Å². The first-order chi connectivity index (χ1) is 10.9. The molecule has 3 heterocycles. The largest absolute Gasteiger partial charge is 0.392 e. The van der Waals surface area contributed by atoms with E-state index in [1.54, 1.807) is 11.0 Å². The fourth-order valence-electron chi connectivity index (χ4n) is 2.84. The highest BCUT2D eigenvalue weighted by Gasteiger charge is 2.35. The van der Waals surface area contributed by atoms with Crippen molar-refractivity contribution in [3.63, 3.8) is 0 Å². The second-order valence-corrected chi connectivity index (χ2v) is 9.52. The smallest absolute Gasteiger partial charge is 0.252 e. The van der Waals surface area contributed by atoms with Crippen LogP contribution in [0, 0.1) is 0 Å². The number of carbonyl (C=O) groups is 1. The van der Waals surface area contributed by atoms with Gasteiger partial charge in [0.1, 0.15) is 4.21 Å². The van der Waals surface area contributed by atoms with Gasteiger partial charge in [0.05, 0.1) is 16.5 Å². The van der Waals surface area contributed by atoms with Crippen LogP contribution in [-0.4, -0.2) is 73.5 Å². The number of halogens is 2. The molecule has 2 fully saturated rings. The molecule has 1 aromatic heterocycles. The summed E-state index contributed by atoms with van der Waals surface area (Å²) in [5, 5.41) is 12.5. The molecule has 2 saturated heterocycles. The SMILES string of the molecule is Cl.O=C(C1CC(O)CN1)N1CCN(S(=O)(=O)c2ccc(Cl)s2)CC1. The third kappa shape index (κ3) is 4.04. The lowest BCUT2D eigenvalue weighted by Gasteiger charge is -2.35. The molecule has 2 aliphatic heterocycles. The van der Waals surface area contributed by atoms with Gasteiger partial charge in [0.2, 0.25) is 5.91 Å². The fourth-order valence-corrected chi connectivity index (χ4v) is 5.90. The monoisotopic (exact) mass is 415 g/mol. The number of hydrogen-bond acceptors (Lipinski definition) is 6. The maximum absolute atomic E-state index is 12.5. The Morgan fingerprint density at radius 2 is 1.96 bits per heavy atom. The zero-order valence-corrected chi connectivity index (χ0v) is 15.9. The first-order valence-corrected chi connectivity index (χ1v) is 9.97. The van der Waals surface area contributed by atoms with Crippen molar-refractivity contribution in [2.75, 3.05) is 32.7 Å². The summed E-state index contributed by atoms with van der Waals surface area (Å²) < 4.78 is 27.1. The molecule has 1 aromatic rings. The minimum Gasteiger partial charge on any atom is -0.392 e. The topological polar surface area (TPSA) is 89.9 Å². The first kappa shape index (κ1) is 19.9. The average Bonchev–Trinajstić information content (AvgIpc) is 3.15. The van der Waals surface area contributed by atoms with Crippen molar-refractivity contribution in [2.24, 2.45) is 0 Å². The first-order valence-electron chi connectivity index (χ1n) is 7.33. The minimum absolute atomic E-state index is 0. The van der Waals surface area contributed by atoms with Crippen molar-refractivity contribution in [3.8, 4) is 0 Å². The summed E-state index contributed by atoms with van der Waals surface area (Å²) in [5.41, 5.74) is 0. The number of β-amino-alcohol motifs (C(OH)–C–C–N with tert-alkyl or cyclic N) is 1. The maximum atomic E-state index is 12.5. The predicted molar refractivity (Wildman–Crippen MR) is 94.3 cm³/mol. The molecule has 7 nitrogen and oxygen atoms in total. The minimum atomic E-state index is -3.54. The Hall–Kier alpha value is -0.420. The molecule has 0 bridgehead atoms. The molecular formula is C13H19Cl2N3O4S2. The van der Waals surface area contributed by atoms with Crippen molar-refractivity contribution >= 4 is 51.3 Å². The van der Waals surface area contributed by atoms with E-state index >= 15 is 0 Å². The van der Waals surface area contributed by atoms with Gasteiger partial charge in [0.15, 0.2) is 0 Å². The van der Waals surface area contributed by atoms with E-state index in [1.165, 1.54) is 10.4 Å². The fraction of sp³-hybridized carbons (Fsp3) is 0.615. The van der Waals surface area contributed by atoms with Crippen LogP contribution >= 0.6 is 35.3 Å². The van der Waals surface area contributed by atoms with Gasteiger partial charge in [-0.3, -0.25) is 4.79 Å². The Labute approximate surface area is 156 Å². The van der Waals surface area contributed by atoms with E-state index in [-0.39, 0.29) is 41.7 Å². The Balaban J connectivity index is 0.00000208. The highest BCUT2D eigenvalue weighted by atomic mass is 35.5. The summed E-state index contributed by atoms with van der Waals surface area (Å²) in [6.07, 6.45) is -0.0837. The van der Waals surface area contributed by atoms with Crippen LogP contribution in [0.25, 0.3) is 0 Å². The van der Waals surface area contributed by atoms with Gasteiger partial charge in [-0.05, 0) is 18.6 Å². The van der Waals surface area contributed by atoms with Crippen LogP contribution in [0.15, 0.2) is 16.3 Å². The molecule has 3 rings (SSSR count). The van der Waals surface area contributed by atoms with Crippen LogP contribution in [0.4, 0.5) is 0 Å². The Kier molecular flexibility index (Phi) is 6.52. The molecule has 2 N–H and O–H groups in total. The quantitative estimate of drug-likeness (QED) is 0.744. The second-order valence-electron chi connectivity index (χ2n) is 5.64. The Bertz CT molecular complexity index is 689. The number of aliphatic hydroxyl groups is 1. The van der Waals surface area contributed by atoms with E-state index in [0.29, 0.717) is 30.4 Å². The van der Waals surface area contributed by atoms with Gasteiger partial charge in [-0.1, -0.05) is 11.6 Å². The lowest BCUT2D eigenvalue weighted by atomic mass is 10.1. The summed E-state index contributed by atoms with van der Waals surface area (Å²) in [5.74, 6) is -0.0715. The zero-order chi connectivity index (χ0) is 16.6. The van der Waals surface area contributed by atoms with E-state index in [4.69, 9.17) is 11.6 Å². The number of rotatable bonds is 3. The van der Waals surface area contributed by atoms with Crippen LogP contribution in [0.3, 0.4) is 0 Å². The molecule has 24 heavy (non-hydrogen) atoms. The van der Waals surface area contributed by atoms with Gasteiger partial charge < -0.3 is 15.3 Å². The van der Waals surface area contributed by atoms with Crippen LogP contribution in [0.5, 0.6) is 0 Å². The normalized spacial score (nSPS) is 25.5. The van der Waals surface area contributed by atoms with Crippen molar-refractivity contribution in [1.82, 2.24) is 14.5 Å². The number of aliphatic hydroxyl groups excluding tert-OH is 1. The maximum Gasteiger partial charge on any atom is 0.252 e. The van der Waals surface area contributed by atoms with Gasteiger partial charge in [0.25, 0.3) is 10.0 Å². The molecular weight excluding hydrogens is 397 g/mol. The summed E-state index contributed by atoms with van der Waals surface area (Å²) in [4.78, 5) is 14.0. The van der Waals surface area contributed by atoms with Crippen molar-refractivity contribution in [2.45, 2.75) is 22.8 Å². The van der Waals surface area contributed by atoms with Gasteiger partial charge in [-0.15, -0.1) is 23.7 Å². The molecule has 0 spiro atoms. The van der Waals surface area contributed by atoms with Crippen LogP contribution in [0.1, 0.15) is 6.42 Å². The third-order valence-electron chi connectivity index (χ3n) is 4.10. The standard InChI is InChI=1S/C13H18ClN3O4S2.ClH/c14-11-1-2-12(22-11)23(20,21)17-5-3-16(4-6-17)13(19)10-7-9(18)8-15-10;/h1-2,9-10,15,18H,3-8H2;1H. The molecule has 2 aliphatic rings. The van der Waals surface area contributed by atoms with E-state index in [0.717, 1.165) is 11.3 Å².